The van der Waals surface area contributed by atoms with Crippen molar-refractivity contribution < 1.29 is 4.74 Å². The van der Waals surface area contributed by atoms with Gasteiger partial charge >= 0.3 is 0 Å². The van der Waals surface area contributed by atoms with Gasteiger partial charge in [0, 0.05) is 25.2 Å². The lowest BCUT2D eigenvalue weighted by Gasteiger charge is -2.36. The van der Waals surface area contributed by atoms with Crippen LogP contribution in [0.2, 0.25) is 0 Å². The molecule has 1 aromatic rings. The van der Waals surface area contributed by atoms with Crippen LogP contribution in [-0.4, -0.2) is 37.3 Å². The second-order valence-electron chi connectivity index (χ2n) is 4.43. The van der Waals surface area contributed by atoms with E-state index in [0.29, 0.717) is 12.1 Å². The van der Waals surface area contributed by atoms with Crippen LogP contribution < -0.4 is 15.0 Å². The lowest BCUT2D eigenvalue weighted by atomic mass is 10.1. The van der Waals surface area contributed by atoms with Crippen molar-refractivity contribution in [1.82, 2.24) is 10.3 Å². The lowest BCUT2D eigenvalue weighted by Crippen LogP contribution is -2.54. The van der Waals surface area contributed by atoms with E-state index in [2.05, 4.69) is 29.0 Å². The largest absolute Gasteiger partial charge is 0.495 e. The highest BCUT2D eigenvalue weighted by Crippen LogP contribution is 2.17. The molecule has 1 N–H and O–H groups in total. The Balaban J connectivity index is 2.10. The van der Waals surface area contributed by atoms with Gasteiger partial charge in [-0.15, -0.1) is 0 Å². The quantitative estimate of drug-likeness (QED) is 0.816. The fourth-order valence-corrected chi connectivity index (χ4v) is 2.19. The van der Waals surface area contributed by atoms with Crippen LogP contribution in [0.25, 0.3) is 0 Å². The average molecular weight is 221 g/mol. The first-order chi connectivity index (χ1) is 7.69. The molecule has 4 heteroatoms. The molecule has 0 spiro atoms. The van der Waals surface area contributed by atoms with Crippen molar-refractivity contribution >= 4 is 5.82 Å². The number of hydrogen-bond donors (Lipinski definition) is 1. The average Bonchev–Trinajstić information content (AvgIpc) is 2.28. The molecule has 1 fully saturated rings. The summed E-state index contributed by atoms with van der Waals surface area (Å²) in [5, 5.41) is 3.51. The summed E-state index contributed by atoms with van der Waals surface area (Å²) in [5.41, 5.74) is 0. The number of pyridine rings is 1. The Morgan fingerprint density at radius 3 is 2.50 bits per heavy atom. The first kappa shape index (κ1) is 11.2. The van der Waals surface area contributed by atoms with Crippen molar-refractivity contribution in [1.29, 1.82) is 0 Å². The zero-order valence-electron chi connectivity index (χ0n) is 10.1. The van der Waals surface area contributed by atoms with Crippen LogP contribution in [0.1, 0.15) is 13.8 Å². The van der Waals surface area contributed by atoms with Gasteiger partial charge in [0.1, 0.15) is 11.6 Å². The van der Waals surface area contributed by atoms with E-state index in [1.165, 1.54) is 0 Å². The highest BCUT2D eigenvalue weighted by molar-refractivity contribution is 5.41. The van der Waals surface area contributed by atoms with E-state index >= 15 is 0 Å². The lowest BCUT2D eigenvalue weighted by molar-refractivity contribution is 0.402. The summed E-state index contributed by atoms with van der Waals surface area (Å²) in [6.45, 7) is 6.41. The summed E-state index contributed by atoms with van der Waals surface area (Å²) >= 11 is 0. The third kappa shape index (κ3) is 2.44. The highest BCUT2D eigenvalue weighted by atomic mass is 16.5. The number of hydrogen-bond acceptors (Lipinski definition) is 4. The Bertz CT molecular complexity index is 329. The molecule has 1 aromatic heterocycles. The first-order valence-corrected chi connectivity index (χ1v) is 5.70. The van der Waals surface area contributed by atoms with Crippen LogP contribution in [0.4, 0.5) is 5.82 Å². The molecule has 2 unspecified atom stereocenters. The van der Waals surface area contributed by atoms with Crippen LogP contribution in [-0.2, 0) is 0 Å². The Kier molecular flexibility index (Phi) is 3.29. The number of aromatic nitrogens is 1. The summed E-state index contributed by atoms with van der Waals surface area (Å²) in [7, 11) is 1.66. The van der Waals surface area contributed by atoms with Gasteiger partial charge in [-0.25, -0.2) is 4.98 Å². The van der Waals surface area contributed by atoms with Gasteiger partial charge in [-0.2, -0.15) is 0 Å². The molecule has 1 aliphatic rings. The van der Waals surface area contributed by atoms with Gasteiger partial charge in [-0.1, -0.05) is 0 Å². The third-order valence-electron chi connectivity index (χ3n) is 2.84. The SMILES string of the molecule is COc1ccc(N2CC(C)NC(C)C2)nc1. The van der Waals surface area contributed by atoms with Crippen molar-refractivity contribution in [2.75, 3.05) is 25.1 Å². The number of rotatable bonds is 2. The Morgan fingerprint density at radius 1 is 1.31 bits per heavy atom. The maximum absolute atomic E-state index is 5.11. The van der Waals surface area contributed by atoms with Crippen molar-refractivity contribution in [3.05, 3.63) is 18.3 Å². The van der Waals surface area contributed by atoms with Gasteiger partial charge in [0.2, 0.25) is 0 Å². The van der Waals surface area contributed by atoms with Gasteiger partial charge in [0.05, 0.1) is 13.3 Å². The van der Waals surface area contributed by atoms with E-state index in [9.17, 15) is 0 Å². The van der Waals surface area contributed by atoms with E-state index in [1.807, 2.05) is 12.1 Å². The molecule has 1 aliphatic heterocycles. The summed E-state index contributed by atoms with van der Waals surface area (Å²) in [5.74, 6) is 1.83. The molecular weight excluding hydrogens is 202 g/mol. The van der Waals surface area contributed by atoms with Crippen LogP contribution in [0.3, 0.4) is 0 Å². The van der Waals surface area contributed by atoms with Crippen molar-refractivity contribution in [2.24, 2.45) is 0 Å². The monoisotopic (exact) mass is 221 g/mol. The fourth-order valence-electron chi connectivity index (χ4n) is 2.19. The van der Waals surface area contributed by atoms with Crippen LogP contribution in [0, 0.1) is 0 Å². The second-order valence-corrected chi connectivity index (χ2v) is 4.43. The second kappa shape index (κ2) is 4.70. The number of methoxy groups -OCH3 is 1. The molecule has 88 valence electrons. The first-order valence-electron chi connectivity index (χ1n) is 5.70. The molecule has 16 heavy (non-hydrogen) atoms. The summed E-state index contributed by atoms with van der Waals surface area (Å²) < 4.78 is 5.11. The minimum absolute atomic E-state index is 0.507. The maximum atomic E-state index is 5.11. The van der Waals surface area contributed by atoms with Crippen molar-refractivity contribution in [2.45, 2.75) is 25.9 Å². The van der Waals surface area contributed by atoms with E-state index in [-0.39, 0.29) is 0 Å². The van der Waals surface area contributed by atoms with E-state index in [4.69, 9.17) is 4.74 Å². The van der Waals surface area contributed by atoms with E-state index in [1.54, 1.807) is 13.3 Å². The predicted molar refractivity (Wildman–Crippen MR) is 65.1 cm³/mol. The molecule has 0 bridgehead atoms. The minimum Gasteiger partial charge on any atom is -0.495 e. The molecule has 4 nitrogen and oxygen atoms in total. The number of piperazine rings is 1. The molecule has 0 amide bonds. The molecule has 2 heterocycles. The highest BCUT2D eigenvalue weighted by Gasteiger charge is 2.21. The summed E-state index contributed by atoms with van der Waals surface area (Å²) in [6.07, 6.45) is 1.77. The number of ether oxygens (including phenoxy) is 1. The van der Waals surface area contributed by atoms with Crippen molar-refractivity contribution in [3.63, 3.8) is 0 Å². The molecule has 0 radical (unpaired) electrons. The van der Waals surface area contributed by atoms with Crippen molar-refractivity contribution in [3.8, 4) is 5.75 Å². The van der Waals surface area contributed by atoms with Gasteiger partial charge < -0.3 is 15.0 Å². The predicted octanol–water partition coefficient (Wildman–Crippen LogP) is 1.28. The smallest absolute Gasteiger partial charge is 0.137 e. The van der Waals surface area contributed by atoms with Crippen LogP contribution in [0.15, 0.2) is 18.3 Å². The minimum atomic E-state index is 0.507. The molecule has 1 saturated heterocycles. The van der Waals surface area contributed by atoms with E-state index in [0.717, 1.165) is 24.7 Å². The molecule has 2 rings (SSSR count). The fraction of sp³-hybridized carbons (Fsp3) is 0.583. The third-order valence-corrected chi connectivity index (χ3v) is 2.84. The molecule has 2 atom stereocenters. The number of anilines is 1. The molecule has 0 aromatic carbocycles. The van der Waals surface area contributed by atoms with Gasteiger partial charge in [-0.05, 0) is 26.0 Å². The maximum Gasteiger partial charge on any atom is 0.137 e. The van der Waals surface area contributed by atoms with E-state index < -0.39 is 0 Å². The van der Waals surface area contributed by atoms with Gasteiger partial charge in [-0.3, -0.25) is 0 Å². The topological polar surface area (TPSA) is 37.4 Å². The summed E-state index contributed by atoms with van der Waals surface area (Å²) in [6, 6.07) is 4.99. The standard InChI is InChI=1S/C12H19N3O/c1-9-7-15(8-10(2)14-9)12-5-4-11(16-3)6-13-12/h4-6,9-10,14H,7-8H2,1-3H3. The molecule has 0 aliphatic carbocycles. The molecular formula is C12H19N3O. The normalized spacial score (nSPS) is 25.6. The van der Waals surface area contributed by atoms with Gasteiger partial charge in [0.25, 0.3) is 0 Å². The number of nitrogens with one attached hydrogen (secondary N) is 1. The molecule has 0 saturated carbocycles. The Hall–Kier alpha value is -1.29. The van der Waals surface area contributed by atoms with Gasteiger partial charge in [0.15, 0.2) is 0 Å². The Morgan fingerprint density at radius 2 is 2.00 bits per heavy atom. The Labute approximate surface area is 96.6 Å². The summed E-state index contributed by atoms with van der Waals surface area (Å²) in [4.78, 5) is 6.73. The van der Waals surface area contributed by atoms with Crippen LogP contribution >= 0.6 is 0 Å². The zero-order chi connectivity index (χ0) is 11.5. The zero-order valence-corrected chi connectivity index (χ0v) is 10.1. The van der Waals surface area contributed by atoms with Crippen LogP contribution in [0.5, 0.6) is 5.75 Å². The number of nitrogens with zero attached hydrogens (tertiary/aromatic N) is 2.